The molecule has 0 aliphatic carbocycles. The summed E-state index contributed by atoms with van der Waals surface area (Å²) in [5.41, 5.74) is 2.60. The highest BCUT2D eigenvalue weighted by Crippen LogP contribution is 2.23. The minimum Gasteiger partial charge on any atom is -0.318 e. The predicted molar refractivity (Wildman–Crippen MR) is 55.4 cm³/mol. The lowest BCUT2D eigenvalue weighted by Gasteiger charge is -2.08. The van der Waals surface area contributed by atoms with Gasteiger partial charge in [-0.2, -0.15) is 0 Å². The van der Waals surface area contributed by atoms with Crippen LogP contribution in [-0.4, -0.2) is 22.5 Å². The third-order valence-corrected chi connectivity index (χ3v) is 2.97. The van der Waals surface area contributed by atoms with Crippen LogP contribution in [0.4, 0.5) is 0 Å². The fourth-order valence-corrected chi connectivity index (χ4v) is 2.22. The maximum absolute atomic E-state index is 4.12. The molecule has 3 heterocycles. The molecule has 1 saturated heterocycles. The third kappa shape index (κ3) is 1.13. The Morgan fingerprint density at radius 3 is 3.29 bits per heavy atom. The van der Waals surface area contributed by atoms with E-state index in [4.69, 9.17) is 0 Å². The minimum absolute atomic E-state index is 0.667. The van der Waals surface area contributed by atoms with E-state index >= 15 is 0 Å². The molecule has 72 valence electrons. The van der Waals surface area contributed by atoms with Crippen molar-refractivity contribution in [2.75, 3.05) is 13.1 Å². The van der Waals surface area contributed by atoms with Gasteiger partial charge in [0.15, 0.2) is 0 Å². The second-order valence-corrected chi connectivity index (χ2v) is 3.82. The molecule has 1 unspecified atom stereocenters. The molecule has 0 saturated carbocycles. The molecule has 3 rings (SSSR count). The molecule has 1 fully saturated rings. The number of aromatic nitrogens is 2. The zero-order valence-electron chi connectivity index (χ0n) is 7.98. The van der Waals surface area contributed by atoms with Crippen LogP contribution in [0.15, 0.2) is 30.7 Å². The molecule has 1 aliphatic heterocycles. The van der Waals surface area contributed by atoms with Crippen molar-refractivity contribution in [3.8, 4) is 0 Å². The normalized spacial score (nSPS) is 21.9. The molecule has 1 aliphatic rings. The van der Waals surface area contributed by atoms with E-state index in [0.29, 0.717) is 5.92 Å². The maximum Gasteiger partial charge on any atom is 0.0636 e. The SMILES string of the molecule is c1cn2c(C3CCNC3)ccc2cn1. The topological polar surface area (TPSA) is 29.3 Å². The molecular formula is C11H13N3. The average molecular weight is 187 g/mol. The molecule has 1 atom stereocenters. The molecule has 3 heteroatoms. The van der Waals surface area contributed by atoms with Crippen LogP contribution < -0.4 is 5.32 Å². The van der Waals surface area contributed by atoms with Gasteiger partial charge in [0, 0.05) is 30.6 Å². The first-order chi connectivity index (χ1) is 6.95. The lowest BCUT2D eigenvalue weighted by atomic mass is 10.1. The van der Waals surface area contributed by atoms with Gasteiger partial charge >= 0.3 is 0 Å². The van der Waals surface area contributed by atoms with Crippen LogP contribution >= 0.6 is 0 Å². The number of hydrogen-bond acceptors (Lipinski definition) is 2. The highest BCUT2D eigenvalue weighted by atomic mass is 15.0. The van der Waals surface area contributed by atoms with E-state index in [1.165, 1.54) is 17.6 Å². The van der Waals surface area contributed by atoms with Crippen molar-refractivity contribution in [1.29, 1.82) is 0 Å². The Kier molecular flexibility index (Phi) is 1.77. The first kappa shape index (κ1) is 8.00. The molecule has 1 N–H and O–H groups in total. The van der Waals surface area contributed by atoms with Crippen LogP contribution in [0.5, 0.6) is 0 Å². The van der Waals surface area contributed by atoms with Gasteiger partial charge in [-0.1, -0.05) is 0 Å². The Hall–Kier alpha value is -1.35. The fraction of sp³-hybridized carbons (Fsp3) is 0.364. The highest BCUT2D eigenvalue weighted by Gasteiger charge is 2.18. The average Bonchev–Trinajstić information content (AvgIpc) is 2.85. The van der Waals surface area contributed by atoms with E-state index in [9.17, 15) is 0 Å². The highest BCUT2D eigenvalue weighted by molar-refractivity contribution is 5.48. The predicted octanol–water partition coefficient (Wildman–Crippen LogP) is 1.41. The van der Waals surface area contributed by atoms with E-state index in [2.05, 4.69) is 26.8 Å². The Bertz CT molecular complexity index is 440. The van der Waals surface area contributed by atoms with Crippen molar-refractivity contribution in [3.63, 3.8) is 0 Å². The Balaban J connectivity index is 2.11. The summed E-state index contributed by atoms with van der Waals surface area (Å²) in [7, 11) is 0. The summed E-state index contributed by atoms with van der Waals surface area (Å²) in [4.78, 5) is 4.12. The van der Waals surface area contributed by atoms with Gasteiger partial charge in [-0.3, -0.25) is 4.98 Å². The van der Waals surface area contributed by atoms with Gasteiger partial charge in [-0.05, 0) is 25.1 Å². The molecule has 0 amide bonds. The second kappa shape index (κ2) is 3.10. The number of nitrogens with zero attached hydrogens (tertiary/aromatic N) is 2. The van der Waals surface area contributed by atoms with Crippen LogP contribution in [0.1, 0.15) is 18.0 Å². The summed E-state index contributed by atoms with van der Waals surface area (Å²) in [6.45, 7) is 2.25. The maximum atomic E-state index is 4.12. The van der Waals surface area contributed by atoms with E-state index in [-0.39, 0.29) is 0 Å². The monoisotopic (exact) mass is 187 g/mol. The van der Waals surface area contributed by atoms with E-state index < -0.39 is 0 Å². The Morgan fingerprint density at radius 2 is 2.43 bits per heavy atom. The lowest BCUT2D eigenvalue weighted by Crippen LogP contribution is -2.09. The zero-order valence-corrected chi connectivity index (χ0v) is 7.98. The number of hydrogen-bond donors (Lipinski definition) is 1. The first-order valence-corrected chi connectivity index (χ1v) is 5.07. The summed E-state index contributed by atoms with van der Waals surface area (Å²) in [6, 6.07) is 4.36. The molecule has 14 heavy (non-hydrogen) atoms. The molecule has 0 bridgehead atoms. The van der Waals surface area contributed by atoms with Crippen molar-refractivity contribution in [3.05, 3.63) is 36.4 Å². The lowest BCUT2D eigenvalue weighted by molar-refractivity contribution is 0.726. The molecule has 0 spiro atoms. The minimum atomic E-state index is 0.667. The van der Waals surface area contributed by atoms with Gasteiger partial charge in [0.1, 0.15) is 0 Å². The van der Waals surface area contributed by atoms with E-state index in [1.807, 2.05) is 18.6 Å². The largest absolute Gasteiger partial charge is 0.318 e. The molecule has 0 radical (unpaired) electrons. The van der Waals surface area contributed by atoms with Gasteiger partial charge in [0.05, 0.1) is 11.7 Å². The van der Waals surface area contributed by atoms with E-state index in [0.717, 1.165) is 13.1 Å². The quantitative estimate of drug-likeness (QED) is 0.731. The van der Waals surface area contributed by atoms with Crippen molar-refractivity contribution < 1.29 is 0 Å². The third-order valence-electron chi connectivity index (χ3n) is 2.97. The van der Waals surface area contributed by atoms with Gasteiger partial charge < -0.3 is 9.72 Å². The van der Waals surface area contributed by atoms with Crippen LogP contribution in [0, 0.1) is 0 Å². The smallest absolute Gasteiger partial charge is 0.0636 e. The summed E-state index contributed by atoms with van der Waals surface area (Å²) >= 11 is 0. The second-order valence-electron chi connectivity index (χ2n) is 3.82. The first-order valence-electron chi connectivity index (χ1n) is 5.07. The van der Waals surface area contributed by atoms with Gasteiger partial charge in [0.25, 0.3) is 0 Å². The van der Waals surface area contributed by atoms with Crippen molar-refractivity contribution in [2.24, 2.45) is 0 Å². The molecule has 3 nitrogen and oxygen atoms in total. The standard InChI is InChI=1S/C11H13N3/c1-2-11(9-3-4-12-7-9)14-6-5-13-8-10(1)14/h1-2,5-6,8-9,12H,3-4,7H2. The summed E-state index contributed by atoms with van der Waals surface area (Å²) in [5, 5.41) is 3.40. The van der Waals surface area contributed by atoms with Gasteiger partial charge in [-0.15, -0.1) is 0 Å². The number of rotatable bonds is 1. The zero-order chi connectivity index (χ0) is 9.38. The Morgan fingerprint density at radius 1 is 1.43 bits per heavy atom. The van der Waals surface area contributed by atoms with Crippen LogP contribution in [-0.2, 0) is 0 Å². The molecule has 2 aromatic rings. The molecule has 2 aromatic heterocycles. The summed E-state index contributed by atoms with van der Waals surface area (Å²) in [6.07, 6.45) is 7.04. The van der Waals surface area contributed by atoms with Crippen molar-refractivity contribution in [2.45, 2.75) is 12.3 Å². The Labute approximate surface area is 82.8 Å². The van der Waals surface area contributed by atoms with Gasteiger partial charge in [-0.25, -0.2) is 0 Å². The van der Waals surface area contributed by atoms with Crippen molar-refractivity contribution >= 4 is 5.52 Å². The molecule has 0 aromatic carbocycles. The van der Waals surface area contributed by atoms with Crippen molar-refractivity contribution in [1.82, 2.24) is 14.7 Å². The number of fused-ring (bicyclic) bond motifs is 1. The van der Waals surface area contributed by atoms with E-state index in [1.54, 1.807) is 0 Å². The van der Waals surface area contributed by atoms with Crippen LogP contribution in [0.3, 0.4) is 0 Å². The number of nitrogens with one attached hydrogen (secondary N) is 1. The summed E-state index contributed by atoms with van der Waals surface area (Å²) < 4.78 is 2.24. The summed E-state index contributed by atoms with van der Waals surface area (Å²) in [5.74, 6) is 0.667. The molecular weight excluding hydrogens is 174 g/mol. The van der Waals surface area contributed by atoms with Gasteiger partial charge in [0.2, 0.25) is 0 Å². The van der Waals surface area contributed by atoms with Crippen LogP contribution in [0.25, 0.3) is 5.52 Å². The van der Waals surface area contributed by atoms with Crippen LogP contribution in [0.2, 0.25) is 0 Å². The fourth-order valence-electron chi connectivity index (χ4n) is 2.22.